The first-order chi connectivity index (χ1) is 10.3. The van der Waals surface area contributed by atoms with E-state index in [1.165, 1.54) is 0 Å². The number of benzene rings is 2. The Morgan fingerprint density at radius 2 is 1.90 bits per heavy atom. The molecular formula is C16H14N2O3. The first kappa shape index (κ1) is 13.2. The molecule has 3 rings (SSSR count). The van der Waals surface area contributed by atoms with Crippen LogP contribution in [0.25, 0.3) is 10.9 Å². The number of methoxy groups -OCH3 is 1. The van der Waals surface area contributed by atoms with E-state index >= 15 is 0 Å². The average Bonchev–Trinajstić information content (AvgIpc) is 2.54. The molecule has 0 aliphatic heterocycles. The fraction of sp³-hybridized carbons (Fsp3) is 0.125. The van der Waals surface area contributed by atoms with Crippen molar-refractivity contribution in [3.63, 3.8) is 0 Å². The van der Waals surface area contributed by atoms with Gasteiger partial charge in [0.1, 0.15) is 23.9 Å². The Hall–Kier alpha value is -2.82. The molecule has 0 saturated heterocycles. The van der Waals surface area contributed by atoms with Crippen LogP contribution in [0.15, 0.2) is 53.3 Å². The summed E-state index contributed by atoms with van der Waals surface area (Å²) in [6, 6.07) is 14.6. The van der Waals surface area contributed by atoms with Crippen LogP contribution in [0, 0.1) is 0 Å². The largest absolute Gasteiger partial charge is 0.497 e. The second kappa shape index (κ2) is 5.66. The quantitative estimate of drug-likeness (QED) is 0.798. The van der Waals surface area contributed by atoms with Crippen LogP contribution in [-0.4, -0.2) is 17.1 Å². The highest BCUT2D eigenvalue weighted by Crippen LogP contribution is 2.16. The van der Waals surface area contributed by atoms with Crippen molar-refractivity contribution >= 4 is 10.9 Å². The normalized spacial score (nSPS) is 10.5. The fourth-order valence-electron chi connectivity index (χ4n) is 2.03. The average molecular weight is 282 g/mol. The number of para-hydroxylation sites is 1. The minimum absolute atomic E-state index is 0.203. The summed E-state index contributed by atoms with van der Waals surface area (Å²) in [5.41, 5.74) is 0.414. The third-order valence-electron chi connectivity index (χ3n) is 3.08. The Bertz CT molecular complexity index is 813. The van der Waals surface area contributed by atoms with Gasteiger partial charge >= 0.3 is 0 Å². The lowest BCUT2D eigenvalue weighted by molar-refractivity contribution is 0.296. The molecule has 0 bridgehead atoms. The van der Waals surface area contributed by atoms with Crippen LogP contribution in [0.3, 0.4) is 0 Å². The lowest BCUT2D eigenvalue weighted by Gasteiger charge is -2.07. The van der Waals surface area contributed by atoms with Gasteiger partial charge in [0.25, 0.3) is 5.56 Å². The summed E-state index contributed by atoms with van der Waals surface area (Å²) < 4.78 is 10.7. The van der Waals surface area contributed by atoms with Gasteiger partial charge in [-0.2, -0.15) is 0 Å². The zero-order valence-corrected chi connectivity index (χ0v) is 11.5. The number of aromatic nitrogens is 2. The second-order valence-corrected chi connectivity index (χ2v) is 4.50. The molecule has 0 atom stereocenters. The Kier molecular flexibility index (Phi) is 3.55. The molecule has 3 aromatic rings. The molecule has 21 heavy (non-hydrogen) atoms. The van der Waals surface area contributed by atoms with Crippen LogP contribution in [0.1, 0.15) is 5.82 Å². The van der Waals surface area contributed by atoms with E-state index in [2.05, 4.69) is 9.97 Å². The monoisotopic (exact) mass is 282 g/mol. The van der Waals surface area contributed by atoms with Gasteiger partial charge in [-0.3, -0.25) is 4.79 Å². The third kappa shape index (κ3) is 2.86. The Morgan fingerprint density at radius 3 is 2.67 bits per heavy atom. The summed E-state index contributed by atoms with van der Waals surface area (Å²) >= 11 is 0. The number of ether oxygens (including phenoxy) is 2. The van der Waals surface area contributed by atoms with E-state index in [1.54, 1.807) is 25.3 Å². The van der Waals surface area contributed by atoms with E-state index in [9.17, 15) is 4.79 Å². The molecule has 5 nitrogen and oxygen atoms in total. The zero-order valence-electron chi connectivity index (χ0n) is 11.5. The van der Waals surface area contributed by atoms with Crippen LogP contribution < -0.4 is 15.0 Å². The Balaban J connectivity index is 1.88. The summed E-state index contributed by atoms with van der Waals surface area (Å²) in [7, 11) is 1.56. The lowest BCUT2D eigenvalue weighted by atomic mass is 10.2. The molecule has 1 aromatic heterocycles. The first-order valence-electron chi connectivity index (χ1n) is 6.51. The molecule has 5 heteroatoms. The molecular weight excluding hydrogens is 268 g/mol. The number of fused-ring (bicyclic) bond motifs is 1. The molecule has 0 amide bonds. The van der Waals surface area contributed by atoms with E-state index in [0.29, 0.717) is 22.5 Å². The maximum Gasteiger partial charge on any atom is 0.258 e. The predicted molar refractivity (Wildman–Crippen MR) is 79.7 cm³/mol. The number of nitrogens with one attached hydrogen (secondary N) is 1. The molecule has 0 aliphatic carbocycles. The number of hydrogen-bond acceptors (Lipinski definition) is 4. The number of H-pyrrole nitrogens is 1. The van der Waals surface area contributed by atoms with Crippen LogP contribution in [0.4, 0.5) is 0 Å². The Labute approximate surface area is 121 Å². The minimum Gasteiger partial charge on any atom is -0.497 e. The standard InChI is InChI=1S/C16H14N2O3/c1-20-12-7-8-14-13(9-12)16(19)18-15(17-14)10-21-11-5-3-2-4-6-11/h2-9H,10H2,1H3,(H,17,18,19). The number of hydrogen-bond donors (Lipinski definition) is 1. The second-order valence-electron chi connectivity index (χ2n) is 4.50. The molecule has 1 heterocycles. The van der Waals surface area contributed by atoms with Crippen LogP contribution in [0.5, 0.6) is 11.5 Å². The molecule has 1 N–H and O–H groups in total. The van der Waals surface area contributed by atoms with Crippen molar-refractivity contribution < 1.29 is 9.47 Å². The lowest BCUT2D eigenvalue weighted by Crippen LogP contribution is -2.13. The van der Waals surface area contributed by atoms with Crippen molar-refractivity contribution in [2.24, 2.45) is 0 Å². The van der Waals surface area contributed by atoms with Gasteiger partial charge in [0.05, 0.1) is 18.0 Å². The van der Waals surface area contributed by atoms with Crippen molar-refractivity contribution in [1.29, 1.82) is 0 Å². The molecule has 0 radical (unpaired) electrons. The van der Waals surface area contributed by atoms with Gasteiger partial charge in [-0.1, -0.05) is 18.2 Å². The highest BCUT2D eigenvalue weighted by atomic mass is 16.5. The van der Waals surface area contributed by atoms with Crippen molar-refractivity contribution in [3.8, 4) is 11.5 Å². The van der Waals surface area contributed by atoms with Gasteiger partial charge < -0.3 is 14.5 Å². The third-order valence-corrected chi connectivity index (χ3v) is 3.08. The van der Waals surface area contributed by atoms with Crippen molar-refractivity contribution in [1.82, 2.24) is 9.97 Å². The molecule has 2 aromatic carbocycles. The van der Waals surface area contributed by atoms with Crippen molar-refractivity contribution in [3.05, 3.63) is 64.7 Å². The van der Waals surface area contributed by atoms with Gasteiger partial charge in [-0.05, 0) is 30.3 Å². The smallest absolute Gasteiger partial charge is 0.258 e. The highest BCUT2D eigenvalue weighted by Gasteiger charge is 2.06. The van der Waals surface area contributed by atoms with E-state index in [4.69, 9.17) is 9.47 Å². The van der Waals surface area contributed by atoms with Crippen LogP contribution in [-0.2, 0) is 6.61 Å². The fourth-order valence-corrected chi connectivity index (χ4v) is 2.03. The summed E-state index contributed by atoms with van der Waals surface area (Å²) in [4.78, 5) is 19.2. The molecule has 0 spiro atoms. The van der Waals surface area contributed by atoms with Crippen molar-refractivity contribution in [2.75, 3.05) is 7.11 Å². The van der Waals surface area contributed by atoms with Gasteiger partial charge in [0.2, 0.25) is 0 Å². The number of aromatic amines is 1. The predicted octanol–water partition coefficient (Wildman–Crippen LogP) is 2.51. The molecule has 0 fully saturated rings. The summed E-state index contributed by atoms with van der Waals surface area (Å²) in [5.74, 6) is 1.85. The van der Waals surface area contributed by atoms with E-state index in [1.807, 2.05) is 30.3 Å². The highest BCUT2D eigenvalue weighted by molar-refractivity contribution is 5.79. The van der Waals surface area contributed by atoms with Crippen LogP contribution >= 0.6 is 0 Å². The summed E-state index contributed by atoms with van der Waals surface area (Å²) in [5, 5.41) is 0.498. The Morgan fingerprint density at radius 1 is 1.10 bits per heavy atom. The van der Waals surface area contributed by atoms with Crippen LogP contribution in [0.2, 0.25) is 0 Å². The maximum atomic E-state index is 12.1. The molecule has 0 unspecified atom stereocenters. The van der Waals surface area contributed by atoms with E-state index in [-0.39, 0.29) is 12.2 Å². The molecule has 0 saturated carbocycles. The van der Waals surface area contributed by atoms with Gasteiger partial charge in [0.15, 0.2) is 0 Å². The summed E-state index contributed by atoms with van der Waals surface area (Å²) in [6.07, 6.45) is 0. The van der Waals surface area contributed by atoms with Gasteiger partial charge in [-0.25, -0.2) is 4.98 Å². The zero-order chi connectivity index (χ0) is 14.7. The number of nitrogens with zero attached hydrogens (tertiary/aromatic N) is 1. The van der Waals surface area contributed by atoms with Gasteiger partial charge in [0, 0.05) is 0 Å². The van der Waals surface area contributed by atoms with E-state index < -0.39 is 0 Å². The number of rotatable bonds is 4. The maximum absolute atomic E-state index is 12.1. The molecule has 0 aliphatic rings. The van der Waals surface area contributed by atoms with Gasteiger partial charge in [-0.15, -0.1) is 0 Å². The first-order valence-corrected chi connectivity index (χ1v) is 6.51. The topological polar surface area (TPSA) is 64.2 Å². The molecule has 106 valence electrons. The SMILES string of the molecule is COc1ccc2nc(COc3ccccc3)[nH]c(=O)c2c1. The van der Waals surface area contributed by atoms with Crippen molar-refractivity contribution in [2.45, 2.75) is 6.61 Å². The minimum atomic E-state index is -0.203. The summed E-state index contributed by atoms with van der Waals surface area (Å²) in [6.45, 7) is 0.210. The van der Waals surface area contributed by atoms with E-state index in [0.717, 1.165) is 5.75 Å².